The Balaban J connectivity index is 1.84. The van der Waals surface area contributed by atoms with Crippen LogP contribution < -0.4 is 5.43 Å². The Bertz CT molecular complexity index is 860. The van der Waals surface area contributed by atoms with Gasteiger partial charge >= 0.3 is 0 Å². The Labute approximate surface area is 130 Å². The quantitative estimate of drug-likeness (QED) is 0.658. The molecule has 0 amide bonds. The van der Waals surface area contributed by atoms with Gasteiger partial charge in [-0.05, 0) is 29.8 Å². The fraction of sp³-hybridized carbons (Fsp3) is 0. The number of sulfonamides is 1. The molecule has 3 rings (SSSR count). The van der Waals surface area contributed by atoms with Crippen LogP contribution in [0.15, 0.2) is 67.4 Å². The Morgan fingerprint density at radius 2 is 1.95 bits per heavy atom. The van der Waals surface area contributed by atoms with Crippen molar-refractivity contribution in [2.24, 2.45) is 9.50 Å². The molecular formula is C14H10BrN3O2S. The zero-order valence-electron chi connectivity index (χ0n) is 10.7. The second-order valence-corrected chi connectivity index (χ2v) is 6.82. The van der Waals surface area contributed by atoms with Crippen molar-refractivity contribution in [2.45, 2.75) is 4.90 Å². The van der Waals surface area contributed by atoms with E-state index in [0.29, 0.717) is 5.56 Å². The molecule has 2 aromatic rings. The molecule has 1 N–H and O–H groups in total. The molecule has 21 heavy (non-hydrogen) atoms. The van der Waals surface area contributed by atoms with Gasteiger partial charge in [0.15, 0.2) is 5.84 Å². The van der Waals surface area contributed by atoms with Gasteiger partial charge in [0.25, 0.3) is 10.0 Å². The third-order valence-electron chi connectivity index (χ3n) is 2.86. The van der Waals surface area contributed by atoms with Crippen LogP contribution in [-0.4, -0.2) is 20.5 Å². The molecule has 0 radical (unpaired) electrons. The monoisotopic (exact) mass is 363 g/mol. The first-order valence-electron chi connectivity index (χ1n) is 6.05. The maximum atomic E-state index is 11.9. The molecule has 0 spiro atoms. The Morgan fingerprint density at radius 3 is 2.76 bits per heavy atom. The van der Waals surface area contributed by atoms with E-state index in [1.165, 1.54) is 6.07 Å². The van der Waals surface area contributed by atoms with Crippen molar-refractivity contribution in [3.63, 3.8) is 0 Å². The van der Waals surface area contributed by atoms with Gasteiger partial charge in [-0.3, -0.25) is 5.43 Å². The first-order chi connectivity index (χ1) is 10.1. The highest BCUT2D eigenvalue weighted by Crippen LogP contribution is 2.24. The van der Waals surface area contributed by atoms with Crippen molar-refractivity contribution >= 4 is 38.0 Å². The van der Waals surface area contributed by atoms with Crippen LogP contribution in [0.2, 0.25) is 0 Å². The third-order valence-corrected chi connectivity index (χ3v) is 4.69. The predicted molar refractivity (Wildman–Crippen MR) is 85.0 cm³/mol. The fourth-order valence-electron chi connectivity index (χ4n) is 1.94. The minimum atomic E-state index is -3.61. The summed E-state index contributed by atoms with van der Waals surface area (Å²) in [6.45, 7) is 0. The van der Waals surface area contributed by atoms with Crippen molar-refractivity contribution < 1.29 is 8.42 Å². The van der Waals surface area contributed by atoms with Gasteiger partial charge in [-0.15, -0.1) is 4.40 Å². The summed E-state index contributed by atoms with van der Waals surface area (Å²) in [6, 6.07) is 14.2. The maximum absolute atomic E-state index is 11.9. The Hall–Kier alpha value is -1.99. The minimum Gasteiger partial charge on any atom is -0.260 e. The number of amidine groups is 1. The molecule has 0 fully saturated rings. The number of halogens is 1. The van der Waals surface area contributed by atoms with Gasteiger partial charge in [0.1, 0.15) is 4.90 Å². The third kappa shape index (κ3) is 2.88. The SMILES string of the molecule is O=S1(=O)N=C(N/N=C\c2cccc(Br)c2)c2ccccc21. The van der Waals surface area contributed by atoms with E-state index in [-0.39, 0.29) is 10.7 Å². The Morgan fingerprint density at radius 1 is 1.14 bits per heavy atom. The van der Waals surface area contributed by atoms with Gasteiger partial charge in [-0.1, -0.05) is 40.2 Å². The number of nitrogens with one attached hydrogen (secondary N) is 1. The fourth-order valence-corrected chi connectivity index (χ4v) is 3.53. The number of benzene rings is 2. The zero-order valence-corrected chi connectivity index (χ0v) is 13.1. The molecule has 5 nitrogen and oxygen atoms in total. The lowest BCUT2D eigenvalue weighted by Gasteiger charge is -2.00. The topological polar surface area (TPSA) is 70.9 Å². The van der Waals surface area contributed by atoms with Crippen LogP contribution in [-0.2, 0) is 10.0 Å². The molecule has 0 saturated heterocycles. The van der Waals surface area contributed by atoms with Gasteiger partial charge in [0.2, 0.25) is 0 Å². The van der Waals surface area contributed by atoms with Crippen LogP contribution in [0.4, 0.5) is 0 Å². The summed E-state index contributed by atoms with van der Waals surface area (Å²) in [7, 11) is -3.61. The van der Waals surface area contributed by atoms with Gasteiger partial charge in [-0.25, -0.2) is 0 Å². The lowest BCUT2D eigenvalue weighted by atomic mass is 10.2. The van der Waals surface area contributed by atoms with Crippen molar-refractivity contribution in [1.82, 2.24) is 5.43 Å². The molecule has 106 valence electrons. The van der Waals surface area contributed by atoms with Crippen LogP contribution in [0.25, 0.3) is 0 Å². The minimum absolute atomic E-state index is 0.199. The molecular weight excluding hydrogens is 354 g/mol. The van der Waals surface area contributed by atoms with Crippen LogP contribution in [0.5, 0.6) is 0 Å². The summed E-state index contributed by atoms with van der Waals surface area (Å²) < 4.78 is 28.3. The molecule has 1 heterocycles. The van der Waals surface area contributed by atoms with Crippen LogP contribution >= 0.6 is 15.9 Å². The molecule has 0 bridgehead atoms. The molecule has 0 atom stereocenters. The summed E-state index contributed by atoms with van der Waals surface area (Å²) in [5.74, 6) is 0.233. The smallest absolute Gasteiger partial charge is 0.260 e. The molecule has 2 aromatic carbocycles. The van der Waals surface area contributed by atoms with Crippen molar-refractivity contribution in [3.05, 3.63) is 64.1 Å². The molecule has 7 heteroatoms. The maximum Gasteiger partial charge on any atom is 0.285 e. The number of hydrogen-bond acceptors (Lipinski definition) is 4. The molecule has 0 saturated carbocycles. The number of fused-ring (bicyclic) bond motifs is 1. The van der Waals surface area contributed by atoms with E-state index in [2.05, 4.69) is 30.9 Å². The van der Waals surface area contributed by atoms with Gasteiger partial charge < -0.3 is 0 Å². The summed E-state index contributed by atoms with van der Waals surface area (Å²) in [5.41, 5.74) is 4.10. The van der Waals surface area contributed by atoms with Crippen LogP contribution in [0.3, 0.4) is 0 Å². The first kappa shape index (κ1) is 14.0. The molecule has 0 aliphatic carbocycles. The second kappa shape index (κ2) is 5.42. The number of hydrazone groups is 1. The van der Waals surface area contributed by atoms with Crippen molar-refractivity contribution in [2.75, 3.05) is 0 Å². The Kier molecular flexibility index (Phi) is 3.60. The highest BCUT2D eigenvalue weighted by Gasteiger charge is 2.28. The largest absolute Gasteiger partial charge is 0.285 e. The van der Waals surface area contributed by atoms with E-state index in [4.69, 9.17) is 0 Å². The molecule has 1 aliphatic heterocycles. The molecule has 0 aromatic heterocycles. The standard InChI is InChI=1S/C14H10BrN3O2S/c15-11-5-3-4-10(8-11)9-16-17-14-12-6-1-2-7-13(12)21(19,20)18-14/h1-9H,(H,17,18)/b16-9-. The van der Waals surface area contributed by atoms with E-state index < -0.39 is 10.0 Å². The first-order valence-corrected chi connectivity index (χ1v) is 8.28. The van der Waals surface area contributed by atoms with Crippen LogP contribution in [0.1, 0.15) is 11.1 Å². The zero-order chi connectivity index (χ0) is 14.9. The van der Waals surface area contributed by atoms with Gasteiger partial charge in [0, 0.05) is 10.0 Å². The van der Waals surface area contributed by atoms with Crippen molar-refractivity contribution in [1.29, 1.82) is 0 Å². The predicted octanol–water partition coefficient (Wildman–Crippen LogP) is 2.52. The van der Waals surface area contributed by atoms with Gasteiger partial charge in [0.05, 0.1) is 6.21 Å². The summed E-state index contributed by atoms with van der Waals surface area (Å²) >= 11 is 3.37. The summed E-state index contributed by atoms with van der Waals surface area (Å²) in [5, 5.41) is 4.04. The average molecular weight is 364 g/mol. The highest BCUT2D eigenvalue weighted by molar-refractivity contribution is 9.10. The van der Waals surface area contributed by atoms with E-state index in [9.17, 15) is 8.42 Å². The lowest BCUT2D eigenvalue weighted by Crippen LogP contribution is -2.17. The number of rotatable bonds is 2. The van der Waals surface area contributed by atoms with Crippen molar-refractivity contribution in [3.8, 4) is 0 Å². The normalized spacial score (nSPS) is 15.8. The average Bonchev–Trinajstić information content (AvgIpc) is 2.71. The van der Waals surface area contributed by atoms with E-state index in [0.717, 1.165) is 10.0 Å². The summed E-state index contributed by atoms with van der Waals surface area (Å²) in [6.07, 6.45) is 1.60. The van der Waals surface area contributed by atoms with E-state index in [1.54, 1.807) is 24.4 Å². The van der Waals surface area contributed by atoms with E-state index in [1.807, 2.05) is 24.3 Å². The van der Waals surface area contributed by atoms with Gasteiger partial charge in [-0.2, -0.15) is 13.5 Å². The van der Waals surface area contributed by atoms with E-state index >= 15 is 0 Å². The lowest BCUT2D eigenvalue weighted by molar-refractivity contribution is 0.599. The molecule has 1 aliphatic rings. The highest BCUT2D eigenvalue weighted by atomic mass is 79.9. The molecule has 0 unspecified atom stereocenters. The second-order valence-electron chi connectivity index (χ2n) is 4.34. The number of nitrogens with zero attached hydrogens (tertiary/aromatic N) is 2. The van der Waals surface area contributed by atoms with Crippen LogP contribution in [0, 0.1) is 0 Å². The summed E-state index contributed by atoms with van der Waals surface area (Å²) in [4.78, 5) is 0.199. The number of hydrogen-bond donors (Lipinski definition) is 1.